The molecule has 8 heteroatoms. The predicted molar refractivity (Wildman–Crippen MR) is 71.0 cm³/mol. The van der Waals surface area contributed by atoms with E-state index in [1.54, 1.807) is 6.07 Å². The molecule has 0 amide bonds. The van der Waals surface area contributed by atoms with Gasteiger partial charge in [-0.05, 0) is 6.92 Å². The van der Waals surface area contributed by atoms with Gasteiger partial charge in [0, 0.05) is 19.5 Å². The van der Waals surface area contributed by atoms with Gasteiger partial charge in [0.2, 0.25) is 17.7 Å². The second-order valence-electron chi connectivity index (χ2n) is 3.67. The number of methoxy groups -OCH3 is 2. The summed E-state index contributed by atoms with van der Waals surface area (Å²) < 4.78 is 10.2. The van der Waals surface area contributed by atoms with Crippen molar-refractivity contribution in [3.8, 4) is 11.8 Å². The van der Waals surface area contributed by atoms with Gasteiger partial charge in [-0.1, -0.05) is 5.16 Å². The molecule has 0 spiro atoms. The second-order valence-corrected chi connectivity index (χ2v) is 3.67. The van der Waals surface area contributed by atoms with Gasteiger partial charge in [0.15, 0.2) is 0 Å². The molecular weight excluding hydrogens is 250 g/mol. The first-order chi connectivity index (χ1) is 9.14. The minimum atomic E-state index is 0.160. The molecule has 0 saturated heterocycles. The van der Waals surface area contributed by atoms with Gasteiger partial charge in [-0.15, -0.1) is 0 Å². The highest BCUT2D eigenvalue weighted by Crippen LogP contribution is 2.20. The van der Waals surface area contributed by atoms with E-state index in [0.29, 0.717) is 37.2 Å². The van der Waals surface area contributed by atoms with Crippen LogP contribution in [0.3, 0.4) is 0 Å². The molecule has 0 atom stereocenters. The Morgan fingerprint density at radius 2 is 1.95 bits per heavy atom. The van der Waals surface area contributed by atoms with Crippen LogP contribution in [0.25, 0.3) is 0 Å². The summed E-state index contributed by atoms with van der Waals surface area (Å²) in [5.41, 5.74) is 5.45. The van der Waals surface area contributed by atoms with E-state index in [9.17, 15) is 0 Å². The molecule has 3 N–H and O–H groups in total. The Morgan fingerprint density at radius 3 is 2.37 bits per heavy atom. The van der Waals surface area contributed by atoms with Crippen molar-refractivity contribution in [3.05, 3.63) is 6.07 Å². The van der Waals surface area contributed by atoms with Gasteiger partial charge in [0.1, 0.15) is 5.84 Å². The Kier molecular flexibility index (Phi) is 5.65. The molecule has 0 saturated carbocycles. The van der Waals surface area contributed by atoms with E-state index >= 15 is 0 Å². The molecule has 0 aliphatic heterocycles. The summed E-state index contributed by atoms with van der Waals surface area (Å²) in [7, 11) is 3.05. The fourth-order valence-corrected chi connectivity index (χ4v) is 1.44. The summed E-state index contributed by atoms with van der Waals surface area (Å²) in [6, 6.07) is 1.60. The number of rotatable bonds is 7. The molecule has 1 aromatic rings. The third-order valence-electron chi connectivity index (χ3n) is 2.52. The van der Waals surface area contributed by atoms with Gasteiger partial charge < -0.3 is 25.3 Å². The molecular formula is C11H19N5O3. The third kappa shape index (κ3) is 4.16. The quantitative estimate of drug-likeness (QED) is 0.320. The average molecular weight is 269 g/mol. The van der Waals surface area contributed by atoms with Crippen LogP contribution in [0.1, 0.15) is 13.3 Å². The molecule has 0 aliphatic carbocycles. The Morgan fingerprint density at radius 1 is 1.37 bits per heavy atom. The third-order valence-corrected chi connectivity index (χ3v) is 2.52. The van der Waals surface area contributed by atoms with Crippen molar-refractivity contribution >= 4 is 11.8 Å². The van der Waals surface area contributed by atoms with E-state index in [4.69, 9.17) is 20.4 Å². The predicted octanol–water partition coefficient (Wildman–Crippen LogP) is 0.457. The van der Waals surface area contributed by atoms with Crippen molar-refractivity contribution in [2.75, 3.05) is 32.2 Å². The molecule has 0 fully saturated rings. The largest absolute Gasteiger partial charge is 0.481 e. The molecule has 8 nitrogen and oxygen atoms in total. The monoisotopic (exact) mass is 269 g/mol. The molecule has 19 heavy (non-hydrogen) atoms. The van der Waals surface area contributed by atoms with E-state index in [0.717, 1.165) is 0 Å². The zero-order valence-corrected chi connectivity index (χ0v) is 11.3. The van der Waals surface area contributed by atoms with Crippen LogP contribution >= 0.6 is 0 Å². The van der Waals surface area contributed by atoms with Crippen molar-refractivity contribution in [2.45, 2.75) is 13.3 Å². The Bertz CT molecular complexity index is 416. The topological polar surface area (TPSA) is 106 Å². The number of nitrogens with two attached hydrogens (primary N) is 1. The molecule has 1 rings (SSSR count). The minimum Gasteiger partial charge on any atom is -0.481 e. The molecule has 1 aromatic heterocycles. The Balaban J connectivity index is 2.90. The van der Waals surface area contributed by atoms with Crippen LogP contribution in [0.5, 0.6) is 11.8 Å². The summed E-state index contributed by atoms with van der Waals surface area (Å²) >= 11 is 0. The Labute approximate surface area is 111 Å². The van der Waals surface area contributed by atoms with Crippen molar-refractivity contribution in [3.63, 3.8) is 0 Å². The van der Waals surface area contributed by atoms with Crippen molar-refractivity contribution in [2.24, 2.45) is 10.9 Å². The number of amidine groups is 1. The zero-order valence-electron chi connectivity index (χ0n) is 11.3. The maximum atomic E-state index is 8.53. The maximum absolute atomic E-state index is 8.53. The smallest absolute Gasteiger partial charge is 0.231 e. The van der Waals surface area contributed by atoms with Crippen LogP contribution in [-0.2, 0) is 0 Å². The lowest BCUT2D eigenvalue weighted by Crippen LogP contribution is -2.29. The highest BCUT2D eigenvalue weighted by molar-refractivity contribution is 5.80. The average Bonchev–Trinajstić information content (AvgIpc) is 2.46. The van der Waals surface area contributed by atoms with Crippen LogP contribution in [-0.4, -0.2) is 48.3 Å². The van der Waals surface area contributed by atoms with E-state index in [2.05, 4.69) is 15.1 Å². The zero-order chi connectivity index (χ0) is 14.3. The molecule has 0 radical (unpaired) electrons. The SMILES string of the molecule is CCN(CC/C(N)=N/O)c1nc(OC)cc(OC)n1. The fraction of sp³-hybridized carbons (Fsp3) is 0.545. The summed E-state index contributed by atoms with van der Waals surface area (Å²) in [5.74, 6) is 1.48. The van der Waals surface area contributed by atoms with Crippen LogP contribution in [0.2, 0.25) is 0 Å². The van der Waals surface area contributed by atoms with Gasteiger partial charge in [-0.25, -0.2) is 0 Å². The number of hydrogen-bond donors (Lipinski definition) is 2. The number of hydrogen-bond acceptors (Lipinski definition) is 7. The van der Waals surface area contributed by atoms with E-state index in [1.807, 2.05) is 11.8 Å². The van der Waals surface area contributed by atoms with E-state index in [-0.39, 0.29) is 5.84 Å². The minimum absolute atomic E-state index is 0.160. The molecule has 0 bridgehead atoms. The number of nitrogens with zero attached hydrogens (tertiary/aromatic N) is 4. The summed E-state index contributed by atoms with van der Waals surface area (Å²) in [5, 5.41) is 11.5. The lowest BCUT2D eigenvalue weighted by Gasteiger charge is -2.21. The molecule has 1 heterocycles. The molecule has 0 aliphatic rings. The lowest BCUT2D eigenvalue weighted by molar-refractivity contribution is 0.317. The van der Waals surface area contributed by atoms with Crippen LogP contribution in [0.15, 0.2) is 11.2 Å². The summed E-state index contributed by atoms with van der Waals surface area (Å²) in [6.07, 6.45) is 0.410. The molecule has 0 aromatic carbocycles. The number of aromatic nitrogens is 2. The fourth-order valence-electron chi connectivity index (χ4n) is 1.44. The van der Waals surface area contributed by atoms with Gasteiger partial charge in [-0.3, -0.25) is 0 Å². The number of ether oxygens (including phenoxy) is 2. The van der Waals surface area contributed by atoms with Crippen LogP contribution in [0.4, 0.5) is 5.95 Å². The lowest BCUT2D eigenvalue weighted by atomic mass is 10.3. The first kappa shape index (κ1) is 14.8. The summed E-state index contributed by atoms with van der Waals surface area (Å²) in [4.78, 5) is 10.4. The van der Waals surface area contributed by atoms with Crippen LogP contribution < -0.4 is 20.1 Å². The normalized spacial score (nSPS) is 11.2. The number of anilines is 1. The first-order valence-corrected chi connectivity index (χ1v) is 5.83. The van der Waals surface area contributed by atoms with Gasteiger partial charge in [0.25, 0.3) is 0 Å². The van der Waals surface area contributed by atoms with Gasteiger partial charge in [-0.2, -0.15) is 9.97 Å². The maximum Gasteiger partial charge on any atom is 0.231 e. The molecule has 106 valence electrons. The van der Waals surface area contributed by atoms with Gasteiger partial charge >= 0.3 is 0 Å². The molecule has 0 unspecified atom stereocenters. The van der Waals surface area contributed by atoms with Crippen molar-refractivity contribution < 1.29 is 14.7 Å². The first-order valence-electron chi connectivity index (χ1n) is 5.83. The Hall–Kier alpha value is -2.25. The van der Waals surface area contributed by atoms with E-state index < -0.39 is 0 Å². The van der Waals surface area contributed by atoms with E-state index in [1.165, 1.54) is 14.2 Å². The number of oxime groups is 1. The van der Waals surface area contributed by atoms with Crippen LogP contribution in [0, 0.1) is 0 Å². The highest BCUT2D eigenvalue weighted by atomic mass is 16.5. The second kappa shape index (κ2) is 7.24. The van der Waals surface area contributed by atoms with Gasteiger partial charge in [0.05, 0.1) is 20.3 Å². The highest BCUT2D eigenvalue weighted by Gasteiger charge is 2.12. The van der Waals surface area contributed by atoms with Crippen molar-refractivity contribution in [1.29, 1.82) is 0 Å². The standard InChI is InChI=1S/C11H19N5O3/c1-4-16(6-5-8(12)15-17)11-13-9(18-2)7-10(14-11)19-3/h7,17H,4-6H2,1-3H3,(H2,12,15). The van der Waals surface area contributed by atoms with Crippen molar-refractivity contribution in [1.82, 2.24) is 9.97 Å². The summed E-state index contributed by atoms with van der Waals surface area (Å²) in [6.45, 7) is 3.17.